The first-order valence-electron chi connectivity index (χ1n) is 6.07. The molecule has 3 nitrogen and oxygen atoms in total. The van der Waals surface area contributed by atoms with Crippen molar-refractivity contribution >= 4 is 5.97 Å². The Hall–Kier alpha value is -0.830. The molecule has 90 valence electrons. The maximum Gasteiger partial charge on any atom is 0.308 e. The largest absolute Gasteiger partial charge is 0.466 e. The molecule has 0 N–H and O–H groups in total. The molecule has 0 amide bonds. The van der Waals surface area contributed by atoms with Crippen LogP contribution in [0.15, 0.2) is 11.6 Å². The Bertz CT molecular complexity index is 334. The summed E-state index contributed by atoms with van der Waals surface area (Å²) in [5, 5.41) is 0. The molecule has 1 aliphatic heterocycles. The maximum absolute atomic E-state index is 11.6. The molecule has 2 unspecified atom stereocenters. The van der Waals surface area contributed by atoms with E-state index in [1.54, 1.807) is 0 Å². The van der Waals surface area contributed by atoms with E-state index in [2.05, 4.69) is 26.8 Å². The van der Waals surface area contributed by atoms with Crippen LogP contribution in [0.2, 0.25) is 0 Å². The summed E-state index contributed by atoms with van der Waals surface area (Å²) in [4.78, 5) is 11.6. The van der Waals surface area contributed by atoms with Gasteiger partial charge in [0.2, 0.25) is 0 Å². The van der Waals surface area contributed by atoms with Gasteiger partial charge in [-0.05, 0) is 32.3 Å². The first-order chi connectivity index (χ1) is 7.54. The van der Waals surface area contributed by atoms with Crippen molar-refractivity contribution in [2.45, 2.75) is 57.7 Å². The highest BCUT2D eigenvalue weighted by atomic mass is 16.6. The number of hydrogen-bond donors (Lipinski definition) is 0. The Morgan fingerprint density at radius 1 is 1.62 bits per heavy atom. The second-order valence-corrected chi connectivity index (χ2v) is 4.97. The Balaban J connectivity index is 1.82. The van der Waals surface area contributed by atoms with Crippen molar-refractivity contribution in [3.05, 3.63) is 11.6 Å². The number of epoxide rings is 1. The zero-order chi connectivity index (χ0) is 11.8. The van der Waals surface area contributed by atoms with Gasteiger partial charge in [0.05, 0.1) is 13.0 Å². The SMILES string of the molecule is CCCCOC(=O)CC12CC=C(C)C1(C)O2. The van der Waals surface area contributed by atoms with Gasteiger partial charge in [-0.25, -0.2) is 0 Å². The van der Waals surface area contributed by atoms with E-state index in [9.17, 15) is 4.79 Å². The van der Waals surface area contributed by atoms with Crippen LogP contribution in [0.4, 0.5) is 0 Å². The quantitative estimate of drug-likeness (QED) is 0.312. The lowest BCUT2D eigenvalue weighted by atomic mass is 9.91. The van der Waals surface area contributed by atoms with Crippen molar-refractivity contribution < 1.29 is 14.3 Å². The predicted molar refractivity (Wildman–Crippen MR) is 61.1 cm³/mol. The first kappa shape index (κ1) is 11.6. The Labute approximate surface area is 96.8 Å². The van der Waals surface area contributed by atoms with Crippen LogP contribution in [-0.2, 0) is 14.3 Å². The molecule has 2 aliphatic rings. The van der Waals surface area contributed by atoms with Gasteiger partial charge in [-0.3, -0.25) is 4.79 Å². The van der Waals surface area contributed by atoms with Gasteiger partial charge < -0.3 is 9.47 Å². The topological polar surface area (TPSA) is 38.8 Å². The first-order valence-corrected chi connectivity index (χ1v) is 6.07. The van der Waals surface area contributed by atoms with Gasteiger partial charge in [-0.2, -0.15) is 0 Å². The van der Waals surface area contributed by atoms with E-state index < -0.39 is 0 Å². The van der Waals surface area contributed by atoms with Crippen LogP contribution >= 0.6 is 0 Å². The maximum atomic E-state index is 11.6. The molecule has 16 heavy (non-hydrogen) atoms. The zero-order valence-corrected chi connectivity index (χ0v) is 10.3. The highest BCUT2D eigenvalue weighted by molar-refractivity contribution is 5.72. The molecule has 3 heteroatoms. The summed E-state index contributed by atoms with van der Waals surface area (Å²) in [6, 6.07) is 0. The van der Waals surface area contributed by atoms with Gasteiger partial charge in [-0.15, -0.1) is 0 Å². The second-order valence-electron chi connectivity index (χ2n) is 4.97. The molecule has 0 spiro atoms. The minimum atomic E-state index is -0.277. The lowest BCUT2D eigenvalue weighted by Crippen LogP contribution is -2.24. The fourth-order valence-electron chi connectivity index (χ4n) is 2.45. The second kappa shape index (κ2) is 3.88. The number of ether oxygens (including phenoxy) is 2. The highest BCUT2D eigenvalue weighted by Gasteiger charge is 2.70. The Morgan fingerprint density at radius 2 is 2.38 bits per heavy atom. The number of carbonyl (C=O) groups excluding carboxylic acids is 1. The minimum absolute atomic E-state index is 0.125. The van der Waals surface area contributed by atoms with Crippen LogP contribution in [-0.4, -0.2) is 23.8 Å². The third-order valence-corrected chi connectivity index (χ3v) is 3.91. The molecular weight excluding hydrogens is 204 g/mol. The molecule has 0 bridgehead atoms. The molecule has 2 rings (SSSR count). The number of carbonyl (C=O) groups is 1. The normalized spacial score (nSPS) is 35.6. The fourth-order valence-corrected chi connectivity index (χ4v) is 2.45. The van der Waals surface area contributed by atoms with Crippen LogP contribution in [0.25, 0.3) is 0 Å². The van der Waals surface area contributed by atoms with Crippen molar-refractivity contribution in [3.63, 3.8) is 0 Å². The van der Waals surface area contributed by atoms with Crippen molar-refractivity contribution in [1.29, 1.82) is 0 Å². The van der Waals surface area contributed by atoms with E-state index in [4.69, 9.17) is 9.47 Å². The molecule has 1 saturated heterocycles. The standard InChI is InChI=1S/C13H20O3/c1-4-5-8-15-11(14)9-13-7-6-10(2)12(13,3)16-13/h6H,4-5,7-9H2,1-3H3. The molecule has 0 saturated carbocycles. The van der Waals surface area contributed by atoms with Gasteiger partial charge in [0.1, 0.15) is 11.2 Å². The van der Waals surface area contributed by atoms with E-state index in [-0.39, 0.29) is 17.2 Å². The van der Waals surface area contributed by atoms with Gasteiger partial charge in [0, 0.05) is 0 Å². The van der Waals surface area contributed by atoms with E-state index in [1.807, 2.05) is 0 Å². The number of esters is 1. The lowest BCUT2D eigenvalue weighted by molar-refractivity contribution is -0.145. The van der Waals surface area contributed by atoms with E-state index in [0.717, 1.165) is 19.3 Å². The zero-order valence-electron chi connectivity index (χ0n) is 10.3. The smallest absolute Gasteiger partial charge is 0.308 e. The molecule has 0 aromatic heterocycles. The average Bonchev–Trinajstić information content (AvgIpc) is 2.74. The van der Waals surface area contributed by atoms with E-state index >= 15 is 0 Å². The summed E-state index contributed by atoms with van der Waals surface area (Å²) >= 11 is 0. The molecule has 0 aromatic rings. The van der Waals surface area contributed by atoms with Crippen molar-refractivity contribution in [3.8, 4) is 0 Å². The monoisotopic (exact) mass is 224 g/mol. The highest BCUT2D eigenvalue weighted by Crippen LogP contribution is 2.61. The molecule has 0 radical (unpaired) electrons. The van der Waals surface area contributed by atoms with Crippen LogP contribution in [0.3, 0.4) is 0 Å². The van der Waals surface area contributed by atoms with Crippen molar-refractivity contribution in [2.24, 2.45) is 0 Å². The Kier molecular flexibility index (Phi) is 2.82. The van der Waals surface area contributed by atoms with Crippen LogP contribution < -0.4 is 0 Å². The third kappa shape index (κ3) is 1.67. The van der Waals surface area contributed by atoms with E-state index in [1.165, 1.54) is 5.57 Å². The molecule has 1 heterocycles. The molecule has 1 aliphatic carbocycles. The summed E-state index contributed by atoms with van der Waals surface area (Å²) in [7, 11) is 0. The Morgan fingerprint density at radius 3 is 2.88 bits per heavy atom. The van der Waals surface area contributed by atoms with E-state index in [0.29, 0.717) is 13.0 Å². The van der Waals surface area contributed by atoms with Crippen molar-refractivity contribution in [1.82, 2.24) is 0 Å². The van der Waals surface area contributed by atoms with Gasteiger partial charge >= 0.3 is 5.97 Å². The summed E-state index contributed by atoms with van der Waals surface area (Å²) in [6.45, 7) is 6.74. The predicted octanol–water partition coefficient (Wildman–Crippen LogP) is 2.60. The van der Waals surface area contributed by atoms with Gasteiger partial charge in [0.25, 0.3) is 0 Å². The van der Waals surface area contributed by atoms with Crippen LogP contribution in [0.1, 0.15) is 46.5 Å². The minimum Gasteiger partial charge on any atom is -0.466 e. The van der Waals surface area contributed by atoms with Crippen LogP contribution in [0, 0.1) is 0 Å². The number of fused-ring (bicyclic) bond motifs is 1. The summed E-state index contributed by atoms with van der Waals surface area (Å²) in [6.07, 6.45) is 5.39. The molecule has 2 atom stereocenters. The lowest BCUT2D eigenvalue weighted by Gasteiger charge is -2.09. The van der Waals surface area contributed by atoms with Crippen molar-refractivity contribution in [2.75, 3.05) is 6.61 Å². The number of hydrogen-bond acceptors (Lipinski definition) is 3. The molecular formula is C13H20O3. The summed E-state index contributed by atoms with van der Waals surface area (Å²) in [5.74, 6) is -0.125. The summed E-state index contributed by atoms with van der Waals surface area (Å²) in [5.41, 5.74) is 0.769. The number of rotatable bonds is 5. The average molecular weight is 224 g/mol. The molecule has 0 aromatic carbocycles. The van der Waals surface area contributed by atoms with Gasteiger partial charge in [0.15, 0.2) is 0 Å². The van der Waals surface area contributed by atoms with Gasteiger partial charge in [-0.1, -0.05) is 19.4 Å². The van der Waals surface area contributed by atoms with Crippen LogP contribution in [0.5, 0.6) is 0 Å². The third-order valence-electron chi connectivity index (χ3n) is 3.91. The summed E-state index contributed by atoms with van der Waals surface area (Å²) < 4.78 is 10.9. The fraction of sp³-hybridized carbons (Fsp3) is 0.769. The molecule has 1 fully saturated rings. The number of unbranched alkanes of at least 4 members (excludes halogenated alkanes) is 1.